The van der Waals surface area contributed by atoms with Crippen molar-refractivity contribution in [2.45, 2.75) is 6.61 Å². The number of carboxylic acid groups (broad SMARTS) is 1. The number of rotatable bonds is 6. The summed E-state index contributed by atoms with van der Waals surface area (Å²) in [6, 6.07) is 16.3. The summed E-state index contributed by atoms with van der Waals surface area (Å²) in [4.78, 5) is 27.4. The first-order valence-corrected chi connectivity index (χ1v) is 8.18. The average Bonchev–Trinajstić information content (AvgIpc) is 2.64. The van der Waals surface area contributed by atoms with Gasteiger partial charge < -0.3 is 15.2 Å². The Balaban J connectivity index is 1.94. The number of carbonyl (C=O) groups is 2. The van der Waals surface area contributed by atoms with Gasteiger partial charge in [0.1, 0.15) is 13.2 Å². The summed E-state index contributed by atoms with van der Waals surface area (Å²) in [5, 5.41) is 12.3. The molecular weight excluding hydrogens is 356 g/mol. The Labute approximate surface area is 154 Å². The lowest BCUT2D eigenvalue weighted by molar-refractivity contribution is -0.135. The van der Waals surface area contributed by atoms with Crippen molar-refractivity contribution in [2.24, 2.45) is 0 Å². The van der Waals surface area contributed by atoms with Crippen molar-refractivity contribution in [3.05, 3.63) is 70.9 Å². The molecule has 2 aromatic carbocycles. The molecule has 1 amide bonds. The van der Waals surface area contributed by atoms with Gasteiger partial charge in [0.25, 0.3) is 5.91 Å². The molecule has 3 aromatic rings. The first-order valence-electron chi connectivity index (χ1n) is 7.80. The Kier molecular flexibility index (Phi) is 5.34. The summed E-state index contributed by atoms with van der Waals surface area (Å²) >= 11 is 5.98. The van der Waals surface area contributed by atoms with Crippen LogP contribution < -0.4 is 10.1 Å². The Morgan fingerprint density at radius 2 is 1.88 bits per heavy atom. The highest BCUT2D eigenvalue weighted by atomic mass is 35.5. The highest BCUT2D eigenvalue weighted by Crippen LogP contribution is 2.26. The molecule has 7 heteroatoms. The van der Waals surface area contributed by atoms with Gasteiger partial charge in [-0.25, -0.2) is 4.98 Å². The van der Waals surface area contributed by atoms with Gasteiger partial charge in [0.2, 0.25) is 0 Å². The topological polar surface area (TPSA) is 88.5 Å². The van der Waals surface area contributed by atoms with Gasteiger partial charge >= 0.3 is 5.97 Å². The summed E-state index contributed by atoms with van der Waals surface area (Å²) in [6.07, 6.45) is 0. The van der Waals surface area contributed by atoms with E-state index in [9.17, 15) is 9.59 Å². The monoisotopic (exact) mass is 370 g/mol. The first kappa shape index (κ1) is 17.7. The molecule has 0 radical (unpaired) electrons. The van der Waals surface area contributed by atoms with E-state index in [1.807, 2.05) is 30.3 Å². The fourth-order valence-electron chi connectivity index (χ4n) is 2.37. The molecule has 0 bridgehead atoms. The lowest BCUT2D eigenvalue weighted by atomic mass is 10.1. The maximum atomic E-state index is 12.4. The number of nitrogens with one attached hydrogen (secondary N) is 1. The number of halogens is 1. The predicted molar refractivity (Wildman–Crippen MR) is 97.5 cm³/mol. The zero-order chi connectivity index (χ0) is 18.5. The lowest BCUT2D eigenvalue weighted by Gasteiger charge is -2.12. The van der Waals surface area contributed by atoms with Crippen LogP contribution in [0.3, 0.4) is 0 Å². The Hall–Kier alpha value is -3.12. The standard InChI is InChI=1S/C19H15ClN2O4/c20-14-7-6-13-8-16(26-11-12-4-2-1-3-5-12)18(22-15(13)9-14)19(25)21-10-17(23)24/h1-9H,10-11H2,(H,21,25)(H,23,24). The number of carboxylic acids is 1. The van der Waals surface area contributed by atoms with E-state index in [1.165, 1.54) is 0 Å². The normalized spacial score (nSPS) is 10.5. The van der Waals surface area contributed by atoms with Gasteiger partial charge in [-0.1, -0.05) is 48.0 Å². The number of pyridine rings is 1. The lowest BCUT2D eigenvalue weighted by Crippen LogP contribution is -2.30. The number of carbonyl (C=O) groups excluding carboxylic acids is 1. The van der Waals surface area contributed by atoms with Gasteiger partial charge in [0.15, 0.2) is 11.4 Å². The van der Waals surface area contributed by atoms with Crippen LogP contribution in [0.2, 0.25) is 5.02 Å². The molecule has 1 heterocycles. The first-order chi connectivity index (χ1) is 12.5. The van der Waals surface area contributed by atoms with E-state index in [0.717, 1.165) is 10.9 Å². The molecule has 0 saturated heterocycles. The zero-order valence-corrected chi connectivity index (χ0v) is 14.4. The number of aliphatic carboxylic acids is 1. The molecule has 0 aliphatic heterocycles. The van der Waals surface area contributed by atoms with Crippen LogP contribution in [0.15, 0.2) is 54.6 Å². The number of aromatic nitrogens is 1. The second kappa shape index (κ2) is 7.84. The minimum atomic E-state index is -1.14. The number of hydrogen-bond donors (Lipinski definition) is 2. The molecule has 26 heavy (non-hydrogen) atoms. The van der Waals surface area contributed by atoms with Gasteiger partial charge in [0.05, 0.1) is 5.52 Å². The smallest absolute Gasteiger partial charge is 0.322 e. The summed E-state index contributed by atoms with van der Waals surface area (Å²) in [6.45, 7) is -0.257. The van der Waals surface area contributed by atoms with E-state index in [1.54, 1.807) is 24.3 Å². The number of amides is 1. The third kappa shape index (κ3) is 4.29. The van der Waals surface area contributed by atoms with Crippen LogP contribution in [0.5, 0.6) is 5.75 Å². The number of nitrogens with zero attached hydrogens (tertiary/aromatic N) is 1. The SMILES string of the molecule is O=C(O)CNC(=O)c1nc2cc(Cl)ccc2cc1OCc1ccccc1. The van der Waals surface area contributed by atoms with Crippen molar-refractivity contribution >= 4 is 34.4 Å². The highest BCUT2D eigenvalue weighted by molar-refractivity contribution is 6.31. The molecule has 6 nitrogen and oxygen atoms in total. The summed E-state index contributed by atoms with van der Waals surface area (Å²) in [5.41, 5.74) is 1.46. The van der Waals surface area contributed by atoms with E-state index >= 15 is 0 Å². The van der Waals surface area contributed by atoms with Gasteiger partial charge in [-0.2, -0.15) is 0 Å². The third-order valence-corrected chi connectivity index (χ3v) is 3.83. The molecule has 0 aliphatic carbocycles. The summed E-state index contributed by atoms with van der Waals surface area (Å²) < 4.78 is 5.79. The van der Waals surface area contributed by atoms with Gasteiger partial charge in [-0.3, -0.25) is 9.59 Å². The van der Waals surface area contributed by atoms with Crippen LogP contribution >= 0.6 is 11.6 Å². The molecule has 0 aliphatic rings. The second-order valence-electron chi connectivity index (χ2n) is 5.52. The fourth-order valence-corrected chi connectivity index (χ4v) is 2.53. The Morgan fingerprint density at radius 3 is 2.62 bits per heavy atom. The summed E-state index contributed by atoms with van der Waals surface area (Å²) in [5.74, 6) is -1.50. The molecule has 3 rings (SSSR count). The fraction of sp³-hybridized carbons (Fsp3) is 0.105. The van der Waals surface area contributed by atoms with E-state index in [0.29, 0.717) is 10.5 Å². The van der Waals surface area contributed by atoms with E-state index in [4.69, 9.17) is 21.4 Å². The Morgan fingerprint density at radius 1 is 1.12 bits per heavy atom. The molecule has 0 saturated carbocycles. The summed E-state index contributed by atoms with van der Waals surface area (Å²) in [7, 11) is 0. The predicted octanol–water partition coefficient (Wildman–Crippen LogP) is 3.28. The number of benzene rings is 2. The van der Waals surface area contributed by atoms with Crippen molar-refractivity contribution in [3.63, 3.8) is 0 Å². The number of fused-ring (bicyclic) bond motifs is 1. The molecule has 1 aromatic heterocycles. The molecule has 0 fully saturated rings. The average molecular weight is 371 g/mol. The molecule has 132 valence electrons. The van der Waals surface area contributed by atoms with Gasteiger partial charge in [-0.15, -0.1) is 0 Å². The van der Waals surface area contributed by atoms with Crippen LogP contribution in [0, 0.1) is 0 Å². The van der Waals surface area contributed by atoms with Crippen molar-refractivity contribution in [1.82, 2.24) is 10.3 Å². The minimum Gasteiger partial charge on any atom is -0.486 e. The van der Waals surface area contributed by atoms with Crippen LogP contribution in [0.1, 0.15) is 16.1 Å². The molecule has 0 spiro atoms. The largest absolute Gasteiger partial charge is 0.486 e. The second-order valence-corrected chi connectivity index (χ2v) is 5.96. The van der Waals surface area contributed by atoms with Crippen LogP contribution in [-0.4, -0.2) is 28.5 Å². The van der Waals surface area contributed by atoms with Gasteiger partial charge in [-0.05, 0) is 23.8 Å². The van der Waals surface area contributed by atoms with E-state index in [2.05, 4.69) is 10.3 Å². The number of hydrogen-bond acceptors (Lipinski definition) is 4. The van der Waals surface area contributed by atoms with Crippen molar-refractivity contribution in [2.75, 3.05) is 6.54 Å². The van der Waals surface area contributed by atoms with Crippen LogP contribution in [0.25, 0.3) is 10.9 Å². The molecule has 0 atom stereocenters. The number of ether oxygens (including phenoxy) is 1. The third-order valence-electron chi connectivity index (χ3n) is 3.60. The van der Waals surface area contributed by atoms with E-state index < -0.39 is 18.4 Å². The van der Waals surface area contributed by atoms with Crippen molar-refractivity contribution in [3.8, 4) is 5.75 Å². The molecular formula is C19H15ClN2O4. The Bertz CT molecular complexity index is 960. The van der Waals surface area contributed by atoms with E-state index in [-0.39, 0.29) is 18.1 Å². The minimum absolute atomic E-state index is 0.0111. The van der Waals surface area contributed by atoms with Gasteiger partial charge in [0, 0.05) is 10.4 Å². The van der Waals surface area contributed by atoms with Crippen LogP contribution in [-0.2, 0) is 11.4 Å². The van der Waals surface area contributed by atoms with Crippen LogP contribution in [0.4, 0.5) is 0 Å². The highest BCUT2D eigenvalue weighted by Gasteiger charge is 2.17. The maximum Gasteiger partial charge on any atom is 0.322 e. The molecule has 0 unspecified atom stereocenters. The zero-order valence-electron chi connectivity index (χ0n) is 13.6. The maximum absolute atomic E-state index is 12.4. The quantitative estimate of drug-likeness (QED) is 0.695. The van der Waals surface area contributed by atoms with Crippen molar-refractivity contribution in [1.29, 1.82) is 0 Å². The molecule has 2 N–H and O–H groups in total. The van der Waals surface area contributed by atoms with Crippen molar-refractivity contribution < 1.29 is 19.4 Å².